The molecule has 2 N–H and O–H groups in total. The third-order valence-corrected chi connectivity index (χ3v) is 6.91. The highest BCUT2D eigenvalue weighted by Crippen LogP contribution is 2.43. The molecule has 1 saturated carbocycles. The molecule has 0 aliphatic heterocycles. The van der Waals surface area contributed by atoms with Gasteiger partial charge in [0.05, 0.1) is 25.0 Å². The van der Waals surface area contributed by atoms with Crippen LogP contribution in [0.15, 0.2) is 97.9 Å². The van der Waals surface area contributed by atoms with E-state index in [4.69, 9.17) is 9.47 Å². The minimum Gasteiger partial charge on any atom is -0.508 e. The van der Waals surface area contributed by atoms with Crippen molar-refractivity contribution in [2.45, 2.75) is 104 Å². The van der Waals surface area contributed by atoms with E-state index in [1.54, 1.807) is 25.0 Å². The number of phenols is 2. The first-order valence-electron chi connectivity index (χ1n) is 14.9. The molecule has 2 aromatic carbocycles. The summed E-state index contributed by atoms with van der Waals surface area (Å²) in [5, 5.41) is 19.5. The van der Waals surface area contributed by atoms with Crippen molar-refractivity contribution in [3.8, 4) is 11.5 Å². The van der Waals surface area contributed by atoms with Crippen LogP contribution in [0, 0.1) is 0 Å². The van der Waals surface area contributed by atoms with Crippen molar-refractivity contribution in [1.82, 2.24) is 0 Å². The molecule has 0 saturated heterocycles. The number of hydrogen-bond donors (Lipinski definition) is 2. The highest BCUT2D eigenvalue weighted by atomic mass is 16.5. The second-order valence-corrected chi connectivity index (χ2v) is 10.0. The normalized spacial score (nSPS) is 16.4. The van der Waals surface area contributed by atoms with Gasteiger partial charge >= 0.3 is 0 Å². The predicted molar refractivity (Wildman–Crippen MR) is 169 cm³/mol. The Balaban J connectivity index is 0.000000473. The van der Waals surface area contributed by atoms with Gasteiger partial charge in [0.1, 0.15) is 11.5 Å². The summed E-state index contributed by atoms with van der Waals surface area (Å²) in [6.45, 7) is 7.62. The van der Waals surface area contributed by atoms with E-state index in [0.29, 0.717) is 11.5 Å². The molecule has 1 fully saturated rings. The zero-order chi connectivity index (χ0) is 29.3. The molecular formula is C36H52O4. The maximum Gasteiger partial charge on any atom is 0.115 e. The minimum absolute atomic E-state index is 0.0272. The summed E-state index contributed by atoms with van der Waals surface area (Å²) >= 11 is 0. The van der Waals surface area contributed by atoms with Gasteiger partial charge in [0.25, 0.3) is 0 Å². The zero-order valence-corrected chi connectivity index (χ0v) is 25.2. The molecule has 3 rings (SSSR count). The molecule has 0 amide bonds. The zero-order valence-electron chi connectivity index (χ0n) is 25.2. The van der Waals surface area contributed by atoms with Crippen LogP contribution in [-0.2, 0) is 14.9 Å². The van der Waals surface area contributed by atoms with Crippen LogP contribution in [0.4, 0.5) is 0 Å². The van der Waals surface area contributed by atoms with E-state index in [0.717, 1.165) is 12.8 Å². The summed E-state index contributed by atoms with van der Waals surface area (Å²) < 4.78 is 9.54. The molecule has 0 aromatic heterocycles. The van der Waals surface area contributed by atoms with Crippen molar-refractivity contribution in [1.29, 1.82) is 0 Å². The van der Waals surface area contributed by atoms with Crippen LogP contribution < -0.4 is 0 Å². The van der Waals surface area contributed by atoms with Crippen molar-refractivity contribution < 1.29 is 19.7 Å². The molecule has 40 heavy (non-hydrogen) atoms. The molecule has 0 spiro atoms. The summed E-state index contributed by atoms with van der Waals surface area (Å²) in [5.74, 6) is 0.644. The fraction of sp³-hybridized carbons (Fsp3) is 0.444. The number of benzene rings is 2. The standard InChI is InChI=1S/C24H32O2.2C6H10O/c25-22-14-10-20(11-15-22)24(21-12-16-23(26)17-13-21)18-8-6-4-2-1-3-5-7-9-19-24;2*1-3-5-7-6-4-2/h10-17,25-26H,1-9,18-19H2;2*3-6H,1-2H3. The lowest BCUT2D eigenvalue weighted by Crippen LogP contribution is -2.28. The summed E-state index contributed by atoms with van der Waals surface area (Å²) in [7, 11) is 0. The lowest BCUT2D eigenvalue weighted by Gasteiger charge is -2.36. The van der Waals surface area contributed by atoms with Crippen LogP contribution in [0.25, 0.3) is 0 Å². The maximum atomic E-state index is 9.76. The van der Waals surface area contributed by atoms with Crippen molar-refractivity contribution in [3.63, 3.8) is 0 Å². The Labute approximate surface area is 243 Å². The number of ether oxygens (including phenoxy) is 2. The lowest BCUT2D eigenvalue weighted by atomic mass is 9.67. The Hall–Kier alpha value is -3.40. The van der Waals surface area contributed by atoms with Crippen molar-refractivity contribution >= 4 is 0 Å². The predicted octanol–water partition coefficient (Wildman–Crippen LogP) is 10.8. The molecule has 220 valence electrons. The van der Waals surface area contributed by atoms with Gasteiger partial charge in [-0.05, 0) is 75.9 Å². The topological polar surface area (TPSA) is 58.9 Å². The van der Waals surface area contributed by atoms with Crippen LogP contribution in [-0.4, -0.2) is 10.2 Å². The second-order valence-electron chi connectivity index (χ2n) is 10.0. The Morgan fingerprint density at radius 2 is 0.750 bits per heavy atom. The molecule has 1 aliphatic carbocycles. The van der Waals surface area contributed by atoms with Crippen molar-refractivity contribution in [2.75, 3.05) is 0 Å². The van der Waals surface area contributed by atoms with Gasteiger partial charge in [0, 0.05) is 5.41 Å². The molecule has 2 aromatic rings. The van der Waals surface area contributed by atoms with Gasteiger partial charge in [-0.3, -0.25) is 0 Å². The molecule has 0 atom stereocenters. The van der Waals surface area contributed by atoms with Crippen LogP contribution in [0.1, 0.15) is 109 Å². The molecule has 4 heteroatoms. The van der Waals surface area contributed by atoms with Gasteiger partial charge in [0.2, 0.25) is 0 Å². The van der Waals surface area contributed by atoms with E-state index in [1.807, 2.05) is 76.3 Å². The quantitative estimate of drug-likeness (QED) is 0.352. The highest BCUT2D eigenvalue weighted by molar-refractivity contribution is 5.43. The number of aromatic hydroxyl groups is 2. The lowest BCUT2D eigenvalue weighted by molar-refractivity contribution is 0.381. The maximum absolute atomic E-state index is 9.76. The van der Waals surface area contributed by atoms with Crippen LogP contribution in [0.5, 0.6) is 11.5 Å². The van der Waals surface area contributed by atoms with E-state index < -0.39 is 0 Å². The van der Waals surface area contributed by atoms with E-state index >= 15 is 0 Å². The molecule has 1 aliphatic rings. The number of phenolic OH excluding ortho intramolecular Hbond substituents is 2. The first-order chi connectivity index (χ1) is 19.5. The summed E-state index contributed by atoms with van der Waals surface area (Å²) in [6, 6.07) is 15.6. The Bertz CT molecular complexity index is 883. The van der Waals surface area contributed by atoms with Gasteiger partial charge < -0.3 is 19.7 Å². The highest BCUT2D eigenvalue weighted by Gasteiger charge is 2.33. The van der Waals surface area contributed by atoms with Gasteiger partial charge in [0.15, 0.2) is 0 Å². The summed E-state index contributed by atoms with van der Waals surface area (Å²) in [6.07, 6.45) is 27.9. The second kappa shape index (κ2) is 22.4. The molecular weight excluding hydrogens is 496 g/mol. The Morgan fingerprint density at radius 1 is 0.475 bits per heavy atom. The average molecular weight is 549 g/mol. The van der Waals surface area contributed by atoms with Crippen LogP contribution in [0.3, 0.4) is 0 Å². The molecule has 4 nitrogen and oxygen atoms in total. The molecule has 0 unspecified atom stereocenters. The first kappa shape index (κ1) is 34.6. The van der Waals surface area contributed by atoms with E-state index in [9.17, 15) is 10.2 Å². The molecule has 0 bridgehead atoms. The van der Waals surface area contributed by atoms with Crippen LogP contribution >= 0.6 is 0 Å². The fourth-order valence-corrected chi connectivity index (χ4v) is 4.93. The summed E-state index contributed by atoms with van der Waals surface area (Å²) in [4.78, 5) is 0. The number of allylic oxidation sites excluding steroid dienone is 4. The first-order valence-corrected chi connectivity index (χ1v) is 14.9. The Morgan fingerprint density at radius 3 is 1.02 bits per heavy atom. The van der Waals surface area contributed by atoms with Crippen molar-refractivity contribution in [3.05, 3.63) is 109 Å². The van der Waals surface area contributed by atoms with Crippen molar-refractivity contribution in [2.24, 2.45) is 0 Å². The van der Waals surface area contributed by atoms with E-state index in [2.05, 4.69) is 24.3 Å². The minimum atomic E-state index is -0.0272. The number of hydrogen-bond acceptors (Lipinski definition) is 4. The van der Waals surface area contributed by atoms with Crippen LogP contribution in [0.2, 0.25) is 0 Å². The summed E-state index contributed by atoms with van der Waals surface area (Å²) in [5.41, 5.74) is 2.55. The smallest absolute Gasteiger partial charge is 0.115 e. The van der Waals surface area contributed by atoms with Gasteiger partial charge in [-0.15, -0.1) is 0 Å². The average Bonchev–Trinajstić information content (AvgIpc) is 2.96. The van der Waals surface area contributed by atoms with E-state index in [-0.39, 0.29) is 5.41 Å². The van der Waals surface area contributed by atoms with Gasteiger partial charge in [-0.2, -0.15) is 0 Å². The van der Waals surface area contributed by atoms with E-state index in [1.165, 1.54) is 68.9 Å². The monoisotopic (exact) mass is 548 g/mol. The largest absolute Gasteiger partial charge is 0.508 e. The van der Waals surface area contributed by atoms with Gasteiger partial charge in [-0.1, -0.05) is 106 Å². The Kier molecular flexibility index (Phi) is 19.4. The fourth-order valence-electron chi connectivity index (χ4n) is 4.93. The number of rotatable bonds is 6. The third kappa shape index (κ3) is 14.1. The van der Waals surface area contributed by atoms with Gasteiger partial charge in [-0.25, -0.2) is 0 Å². The third-order valence-electron chi connectivity index (χ3n) is 6.91. The molecule has 0 radical (unpaired) electrons. The molecule has 0 heterocycles. The SMILES string of the molecule is CC=COC=CC.CC=COC=CC.Oc1ccc(C2(c3ccc(O)cc3)CCCCCCCCCCC2)cc1.